The van der Waals surface area contributed by atoms with Gasteiger partial charge in [-0.05, 0) is 43.5 Å². The first-order valence-corrected chi connectivity index (χ1v) is 9.58. The number of rotatable bonds is 5. The summed E-state index contributed by atoms with van der Waals surface area (Å²) in [7, 11) is 0. The quantitative estimate of drug-likeness (QED) is 0.527. The molecular weight excluding hydrogens is 372 g/mol. The van der Waals surface area contributed by atoms with E-state index in [4.69, 9.17) is 0 Å². The Bertz CT molecular complexity index is 1060. The molecule has 3 aromatic rings. The van der Waals surface area contributed by atoms with E-state index in [2.05, 4.69) is 32.7 Å². The van der Waals surface area contributed by atoms with Crippen molar-refractivity contribution in [2.24, 2.45) is 0 Å². The third kappa shape index (κ3) is 4.24. The Morgan fingerprint density at radius 3 is 2.79 bits per heavy atom. The highest BCUT2D eigenvalue weighted by molar-refractivity contribution is 5.92. The number of amides is 1. The van der Waals surface area contributed by atoms with Gasteiger partial charge >= 0.3 is 0 Å². The molecule has 9 nitrogen and oxygen atoms in total. The molecule has 1 N–H and O–H groups in total. The Labute approximate surface area is 167 Å². The van der Waals surface area contributed by atoms with E-state index in [0.717, 1.165) is 42.5 Å². The number of hydrogen-bond donors (Lipinski definition) is 1. The molecule has 1 aromatic heterocycles. The molecule has 9 heteroatoms. The fraction of sp³-hybridized carbons (Fsp3) is 0.350. The number of piperidine rings is 1. The third-order valence-corrected chi connectivity index (χ3v) is 5.24. The summed E-state index contributed by atoms with van der Waals surface area (Å²) in [5.74, 6) is -0.175. The van der Waals surface area contributed by atoms with Crippen molar-refractivity contribution in [3.05, 3.63) is 58.1 Å². The van der Waals surface area contributed by atoms with E-state index >= 15 is 0 Å². The van der Waals surface area contributed by atoms with Crippen molar-refractivity contribution in [3.8, 4) is 0 Å². The molecule has 1 saturated heterocycles. The van der Waals surface area contributed by atoms with Gasteiger partial charge in [0.25, 0.3) is 5.69 Å². The van der Waals surface area contributed by atoms with Crippen LogP contribution in [0.1, 0.15) is 24.4 Å². The fourth-order valence-electron chi connectivity index (χ4n) is 3.74. The molecule has 1 aliphatic rings. The maximum atomic E-state index is 12.3. The van der Waals surface area contributed by atoms with Crippen LogP contribution in [0.3, 0.4) is 0 Å². The highest BCUT2D eigenvalue weighted by atomic mass is 16.6. The number of hydrogen-bond acceptors (Lipinski definition) is 6. The molecule has 0 atom stereocenters. The number of nitrogens with one attached hydrogen (secondary N) is 1. The zero-order valence-electron chi connectivity index (χ0n) is 16.1. The van der Waals surface area contributed by atoms with E-state index in [1.54, 1.807) is 12.1 Å². The molecule has 4 rings (SSSR count). The van der Waals surface area contributed by atoms with E-state index in [0.29, 0.717) is 5.69 Å². The monoisotopic (exact) mass is 394 g/mol. The Balaban J connectivity index is 1.33. The second-order valence-electron chi connectivity index (χ2n) is 7.39. The minimum absolute atomic E-state index is 0.0427. The maximum absolute atomic E-state index is 12.3. The van der Waals surface area contributed by atoms with Crippen LogP contribution in [0, 0.1) is 17.0 Å². The molecule has 0 unspecified atom stereocenters. The second kappa shape index (κ2) is 7.96. The summed E-state index contributed by atoms with van der Waals surface area (Å²) < 4.78 is 2.00. The lowest BCUT2D eigenvalue weighted by atomic mass is 10.0. The lowest BCUT2D eigenvalue weighted by Crippen LogP contribution is -2.39. The number of likely N-dealkylation sites (tertiary alicyclic amines) is 1. The highest BCUT2D eigenvalue weighted by Crippen LogP contribution is 2.25. The first-order chi connectivity index (χ1) is 14.0. The predicted molar refractivity (Wildman–Crippen MR) is 109 cm³/mol. The van der Waals surface area contributed by atoms with Crippen molar-refractivity contribution in [2.45, 2.75) is 25.8 Å². The number of benzene rings is 2. The standard InChI is InChI=1S/C20H22N6O3/c1-14-5-6-19-18(11-14)22-23-25(19)16-7-9-24(10-8-16)13-20(27)21-15-3-2-4-17(12-15)26(28)29/h2-6,11-12,16H,7-10,13H2,1H3,(H,21,27). The van der Waals surface area contributed by atoms with Crippen molar-refractivity contribution in [2.75, 3.05) is 25.0 Å². The van der Waals surface area contributed by atoms with Gasteiger partial charge in [0.05, 0.1) is 23.0 Å². The van der Waals surface area contributed by atoms with Gasteiger partial charge in [0.15, 0.2) is 0 Å². The van der Waals surface area contributed by atoms with Crippen molar-refractivity contribution < 1.29 is 9.72 Å². The summed E-state index contributed by atoms with van der Waals surface area (Å²) in [5, 5.41) is 22.2. The number of non-ortho nitro benzene ring substituents is 1. The third-order valence-electron chi connectivity index (χ3n) is 5.24. The van der Waals surface area contributed by atoms with Crippen LogP contribution in [0.4, 0.5) is 11.4 Å². The van der Waals surface area contributed by atoms with Crippen LogP contribution in [0.5, 0.6) is 0 Å². The fourth-order valence-corrected chi connectivity index (χ4v) is 3.74. The van der Waals surface area contributed by atoms with Crippen LogP contribution in [0.25, 0.3) is 11.0 Å². The summed E-state index contributed by atoms with van der Waals surface area (Å²) in [5.41, 5.74) is 3.50. The lowest BCUT2D eigenvalue weighted by Gasteiger charge is -2.31. The molecular formula is C20H22N6O3. The molecule has 0 spiro atoms. The van der Waals surface area contributed by atoms with Gasteiger partial charge in [-0.1, -0.05) is 17.3 Å². The average Bonchev–Trinajstić information content (AvgIpc) is 3.11. The number of aromatic nitrogens is 3. The van der Waals surface area contributed by atoms with Crippen molar-refractivity contribution in [3.63, 3.8) is 0 Å². The van der Waals surface area contributed by atoms with Gasteiger partial charge < -0.3 is 5.32 Å². The van der Waals surface area contributed by atoms with Gasteiger partial charge in [-0.15, -0.1) is 5.10 Å². The van der Waals surface area contributed by atoms with Gasteiger partial charge in [0.1, 0.15) is 5.52 Å². The van der Waals surface area contributed by atoms with Crippen LogP contribution >= 0.6 is 0 Å². The first kappa shape index (κ1) is 19.0. The van der Waals surface area contributed by atoms with Gasteiger partial charge in [-0.3, -0.25) is 19.8 Å². The van der Waals surface area contributed by atoms with Crippen molar-refractivity contribution >= 4 is 28.3 Å². The van der Waals surface area contributed by atoms with Gasteiger partial charge in [0, 0.05) is 30.9 Å². The smallest absolute Gasteiger partial charge is 0.271 e. The summed E-state index contributed by atoms with van der Waals surface area (Å²) in [4.78, 5) is 24.8. The van der Waals surface area contributed by atoms with Crippen LogP contribution in [-0.2, 0) is 4.79 Å². The highest BCUT2D eigenvalue weighted by Gasteiger charge is 2.24. The number of anilines is 1. The average molecular weight is 394 g/mol. The molecule has 29 heavy (non-hydrogen) atoms. The zero-order valence-corrected chi connectivity index (χ0v) is 16.1. The molecule has 2 heterocycles. The van der Waals surface area contributed by atoms with E-state index < -0.39 is 4.92 Å². The molecule has 1 amide bonds. The molecule has 0 radical (unpaired) electrons. The Morgan fingerprint density at radius 1 is 1.24 bits per heavy atom. The maximum Gasteiger partial charge on any atom is 0.271 e. The first-order valence-electron chi connectivity index (χ1n) is 9.58. The minimum Gasteiger partial charge on any atom is -0.325 e. The van der Waals surface area contributed by atoms with E-state index in [9.17, 15) is 14.9 Å². The number of carbonyl (C=O) groups excluding carboxylic acids is 1. The summed E-state index contributed by atoms with van der Waals surface area (Å²) >= 11 is 0. The van der Waals surface area contributed by atoms with E-state index in [1.165, 1.54) is 12.1 Å². The lowest BCUT2D eigenvalue weighted by molar-refractivity contribution is -0.384. The van der Waals surface area contributed by atoms with Crippen molar-refractivity contribution in [1.82, 2.24) is 19.9 Å². The molecule has 0 bridgehead atoms. The normalized spacial score (nSPS) is 15.5. The number of carbonyl (C=O) groups is 1. The van der Waals surface area contributed by atoms with E-state index in [1.807, 2.05) is 17.7 Å². The second-order valence-corrected chi connectivity index (χ2v) is 7.39. The summed E-state index contributed by atoms with van der Waals surface area (Å²) in [6, 6.07) is 12.4. The topological polar surface area (TPSA) is 106 Å². The molecule has 1 aliphatic heterocycles. The molecule has 0 aliphatic carbocycles. The van der Waals surface area contributed by atoms with Gasteiger partial charge in [-0.25, -0.2) is 4.68 Å². The van der Waals surface area contributed by atoms with Crippen LogP contribution in [-0.4, -0.2) is 50.4 Å². The van der Waals surface area contributed by atoms with Crippen LogP contribution in [0.15, 0.2) is 42.5 Å². The number of nitro benzene ring substituents is 1. The summed E-state index contributed by atoms with van der Waals surface area (Å²) in [6.45, 7) is 3.85. The molecule has 150 valence electrons. The van der Waals surface area contributed by atoms with Gasteiger partial charge in [0.2, 0.25) is 5.91 Å². The SMILES string of the molecule is Cc1ccc2c(c1)nnn2C1CCN(CC(=O)Nc2cccc([N+](=O)[O-])c2)CC1. The van der Waals surface area contributed by atoms with Crippen molar-refractivity contribution in [1.29, 1.82) is 0 Å². The van der Waals surface area contributed by atoms with E-state index in [-0.39, 0.29) is 24.2 Å². The van der Waals surface area contributed by atoms with Gasteiger partial charge in [-0.2, -0.15) is 0 Å². The Morgan fingerprint density at radius 2 is 2.03 bits per heavy atom. The molecule has 2 aromatic carbocycles. The number of aryl methyl sites for hydroxylation is 1. The summed E-state index contributed by atoms with van der Waals surface area (Å²) in [6.07, 6.45) is 1.77. The zero-order chi connectivity index (χ0) is 20.4. The number of fused-ring (bicyclic) bond motifs is 1. The Hall–Kier alpha value is -3.33. The minimum atomic E-state index is -0.477. The Kier molecular flexibility index (Phi) is 5.22. The largest absolute Gasteiger partial charge is 0.325 e. The predicted octanol–water partition coefficient (Wildman–Crippen LogP) is 2.92. The number of nitro groups is 1. The van der Waals surface area contributed by atoms with Crippen LogP contribution in [0.2, 0.25) is 0 Å². The number of nitrogens with zero attached hydrogens (tertiary/aromatic N) is 5. The molecule has 0 saturated carbocycles. The van der Waals surface area contributed by atoms with Crippen LogP contribution < -0.4 is 5.32 Å². The molecule has 1 fully saturated rings.